The van der Waals surface area contributed by atoms with Crippen molar-refractivity contribution < 1.29 is 19.2 Å². The van der Waals surface area contributed by atoms with Gasteiger partial charge in [-0.3, -0.25) is 4.79 Å². The zero-order valence-electron chi connectivity index (χ0n) is 14.2. The molecule has 24 heavy (non-hydrogen) atoms. The van der Waals surface area contributed by atoms with E-state index < -0.39 is 12.0 Å². The molecule has 0 radical (unpaired) electrons. The van der Waals surface area contributed by atoms with Gasteiger partial charge < -0.3 is 20.2 Å². The summed E-state index contributed by atoms with van der Waals surface area (Å²) in [6, 6.07) is 6.59. The number of esters is 1. The first-order chi connectivity index (χ1) is 11.4. The molecule has 0 saturated heterocycles. The lowest BCUT2D eigenvalue weighted by molar-refractivity contribution is -0.146. The monoisotopic (exact) mass is 333 g/mol. The van der Waals surface area contributed by atoms with E-state index in [-0.39, 0.29) is 12.6 Å². The Bertz CT molecular complexity index is 594. The standard InChI is InChI=1S/C17H23N3O4/c1-5-10-23-20-13(4)14-6-8-15(9-7-14)19-17(22)18-11-16(21)24-12(2)3/h5-9,12H,1,10-11H2,2-4H3,(H2,18,19,22)/b20-13-. The van der Waals surface area contributed by atoms with Crippen molar-refractivity contribution in [2.45, 2.75) is 26.9 Å². The van der Waals surface area contributed by atoms with Crippen LogP contribution in [0.1, 0.15) is 26.3 Å². The number of nitrogens with zero attached hydrogens (tertiary/aromatic N) is 1. The molecular formula is C17H23N3O4. The van der Waals surface area contributed by atoms with Crippen molar-refractivity contribution in [2.24, 2.45) is 5.16 Å². The van der Waals surface area contributed by atoms with Gasteiger partial charge in [-0.1, -0.05) is 29.9 Å². The van der Waals surface area contributed by atoms with Crippen molar-refractivity contribution in [1.82, 2.24) is 5.32 Å². The van der Waals surface area contributed by atoms with E-state index in [9.17, 15) is 9.59 Å². The van der Waals surface area contributed by atoms with E-state index in [1.54, 1.807) is 44.2 Å². The molecule has 0 atom stereocenters. The maximum absolute atomic E-state index is 11.7. The topological polar surface area (TPSA) is 89.0 Å². The molecule has 0 heterocycles. The Balaban J connectivity index is 2.48. The van der Waals surface area contributed by atoms with E-state index >= 15 is 0 Å². The zero-order chi connectivity index (χ0) is 17.9. The van der Waals surface area contributed by atoms with Gasteiger partial charge in [-0.2, -0.15) is 0 Å². The van der Waals surface area contributed by atoms with E-state index in [1.807, 2.05) is 6.92 Å². The molecule has 1 aromatic rings. The maximum atomic E-state index is 11.7. The number of hydrogen-bond donors (Lipinski definition) is 2. The lowest BCUT2D eigenvalue weighted by Gasteiger charge is -2.10. The molecule has 1 aromatic carbocycles. The van der Waals surface area contributed by atoms with Crippen LogP contribution in [0.15, 0.2) is 42.1 Å². The van der Waals surface area contributed by atoms with Gasteiger partial charge in [-0.25, -0.2) is 4.79 Å². The summed E-state index contributed by atoms with van der Waals surface area (Å²) >= 11 is 0. The molecule has 0 bridgehead atoms. The van der Waals surface area contributed by atoms with Crippen LogP contribution in [0.5, 0.6) is 0 Å². The number of anilines is 1. The van der Waals surface area contributed by atoms with Crippen LogP contribution in [0.4, 0.5) is 10.5 Å². The van der Waals surface area contributed by atoms with Gasteiger partial charge in [0, 0.05) is 5.69 Å². The van der Waals surface area contributed by atoms with Crippen LogP contribution < -0.4 is 10.6 Å². The Labute approximate surface area is 141 Å². The van der Waals surface area contributed by atoms with Gasteiger partial charge in [-0.05, 0) is 38.5 Å². The maximum Gasteiger partial charge on any atom is 0.325 e. The van der Waals surface area contributed by atoms with Gasteiger partial charge in [0.2, 0.25) is 0 Å². The number of rotatable bonds is 8. The summed E-state index contributed by atoms with van der Waals surface area (Å²) in [4.78, 5) is 28.1. The third-order valence-electron chi connectivity index (χ3n) is 2.71. The van der Waals surface area contributed by atoms with E-state index in [4.69, 9.17) is 9.57 Å². The Kier molecular flexibility index (Phi) is 8.04. The van der Waals surface area contributed by atoms with E-state index in [1.165, 1.54) is 0 Å². The number of hydrogen-bond acceptors (Lipinski definition) is 5. The van der Waals surface area contributed by atoms with Crippen molar-refractivity contribution in [2.75, 3.05) is 18.5 Å². The molecule has 0 unspecified atom stereocenters. The first kappa shape index (κ1) is 19.2. The number of nitrogens with one attached hydrogen (secondary N) is 2. The summed E-state index contributed by atoms with van der Waals surface area (Å²) in [5, 5.41) is 9.00. The average Bonchev–Trinajstić information content (AvgIpc) is 2.53. The Morgan fingerprint density at radius 2 is 1.96 bits per heavy atom. The average molecular weight is 333 g/mol. The summed E-state index contributed by atoms with van der Waals surface area (Å²) in [6.07, 6.45) is 1.40. The summed E-state index contributed by atoms with van der Waals surface area (Å²) in [7, 11) is 0. The highest BCUT2D eigenvalue weighted by atomic mass is 16.6. The van der Waals surface area contributed by atoms with E-state index in [0.29, 0.717) is 18.0 Å². The van der Waals surface area contributed by atoms with Crippen LogP contribution in [-0.2, 0) is 14.4 Å². The Hall–Kier alpha value is -2.83. The minimum atomic E-state index is -0.484. The van der Waals surface area contributed by atoms with E-state index in [0.717, 1.165) is 5.56 Å². The fraction of sp³-hybridized carbons (Fsp3) is 0.353. The molecule has 7 heteroatoms. The lowest BCUT2D eigenvalue weighted by atomic mass is 10.1. The quantitative estimate of drug-likeness (QED) is 0.252. The van der Waals surface area contributed by atoms with Crippen LogP contribution in [0.2, 0.25) is 0 Å². The Morgan fingerprint density at radius 1 is 1.29 bits per heavy atom. The smallest absolute Gasteiger partial charge is 0.325 e. The second-order valence-electron chi connectivity index (χ2n) is 5.18. The van der Waals surface area contributed by atoms with Gasteiger partial charge in [0.15, 0.2) is 0 Å². The number of urea groups is 1. The summed E-state index contributed by atoms with van der Waals surface area (Å²) in [5.74, 6) is -0.484. The fourth-order valence-electron chi connectivity index (χ4n) is 1.67. The minimum absolute atomic E-state index is 0.186. The van der Waals surface area contributed by atoms with Crippen LogP contribution in [0.3, 0.4) is 0 Å². The normalized spacial score (nSPS) is 10.9. The zero-order valence-corrected chi connectivity index (χ0v) is 14.2. The molecule has 7 nitrogen and oxygen atoms in total. The van der Waals surface area contributed by atoms with Crippen LogP contribution in [-0.4, -0.2) is 37.0 Å². The highest BCUT2D eigenvalue weighted by Gasteiger charge is 2.08. The first-order valence-corrected chi connectivity index (χ1v) is 7.54. The molecule has 2 N–H and O–H groups in total. The second-order valence-corrected chi connectivity index (χ2v) is 5.18. The number of amides is 2. The number of carbonyl (C=O) groups excluding carboxylic acids is 2. The predicted molar refractivity (Wildman–Crippen MR) is 93.1 cm³/mol. The van der Waals surface area contributed by atoms with Gasteiger partial charge in [0.25, 0.3) is 0 Å². The van der Waals surface area contributed by atoms with Crippen molar-refractivity contribution >= 4 is 23.4 Å². The number of ether oxygens (including phenoxy) is 1. The van der Waals surface area contributed by atoms with Crippen LogP contribution >= 0.6 is 0 Å². The highest BCUT2D eigenvalue weighted by molar-refractivity contribution is 5.99. The van der Waals surface area contributed by atoms with E-state index in [2.05, 4.69) is 22.4 Å². The minimum Gasteiger partial charge on any atom is -0.462 e. The molecule has 0 fully saturated rings. The number of benzene rings is 1. The van der Waals surface area contributed by atoms with Crippen molar-refractivity contribution in [1.29, 1.82) is 0 Å². The highest BCUT2D eigenvalue weighted by Crippen LogP contribution is 2.10. The Morgan fingerprint density at radius 3 is 2.54 bits per heavy atom. The molecular weight excluding hydrogens is 310 g/mol. The van der Waals surface area contributed by atoms with Crippen molar-refractivity contribution in [3.8, 4) is 0 Å². The third-order valence-corrected chi connectivity index (χ3v) is 2.71. The summed E-state index contributed by atoms with van der Waals surface area (Å²) in [5.41, 5.74) is 2.17. The molecule has 1 rings (SSSR count). The molecule has 0 aromatic heterocycles. The predicted octanol–water partition coefficient (Wildman–Crippen LogP) is 2.69. The summed E-state index contributed by atoms with van der Waals surface area (Å²) in [6.45, 7) is 9.00. The first-order valence-electron chi connectivity index (χ1n) is 7.54. The lowest BCUT2D eigenvalue weighted by Crippen LogP contribution is -2.34. The second kappa shape index (κ2) is 10.0. The molecule has 0 aliphatic heterocycles. The van der Waals surface area contributed by atoms with Gasteiger partial charge in [0.05, 0.1) is 11.8 Å². The van der Waals surface area contributed by atoms with Crippen molar-refractivity contribution in [3.05, 3.63) is 42.5 Å². The summed E-state index contributed by atoms with van der Waals surface area (Å²) < 4.78 is 4.92. The van der Waals surface area contributed by atoms with Gasteiger partial charge in [-0.15, -0.1) is 0 Å². The van der Waals surface area contributed by atoms with Gasteiger partial charge >= 0.3 is 12.0 Å². The SMILES string of the molecule is C=CCO/N=C(/C)c1ccc(NC(=O)NCC(=O)OC(C)C)cc1. The number of oxime groups is 1. The van der Waals surface area contributed by atoms with Gasteiger partial charge in [0.1, 0.15) is 13.2 Å². The van der Waals surface area contributed by atoms with Crippen LogP contribution in [0.25, 0.3) is 0 Å². The van der Waals surface area contributed by atoms with Crippen LogP contribution in [0, 0.1) is 0 Å². The molecule has 0 saturated carbocycles. The van der Waals surface area contributed by atoms with Crippen molar-refractivity contribution in [3.63, 3.8) is 0 Å². The molecule has 0 spiro atoms. The third kappa shape index (κ3) is 7.44. The fourth-order valence-corrected chi connectivity index (χ4v) is 1.67. The number of carbonyl (C=O) groups is 2. The molecule has 0 aliphatic carbocycles. The largest absolute Gasteiger partial charge is 0.462 e. The molecule has 2 amide bonds. The molecule has 130 valence electrons. The molecule has 0 aliphatic rings.